The molecular weight excluding hydrogens is 592 g/mol. The van der Waals surface area contributed by atoms with E-state index >= 15 is 0 Å². The van der Waals surface area contributed by atoms with Gasteiger partial charge in [-0.05, 0) is 42.9 Å². The molecule has 2 saturated heterocycles. The van der Waals surface area contributed by atoms with E-state index in [0.717, 1.165) is 35.2 Å². The summed E-state index contributed by atoms with van der Waals surface area (Å²) in [4.78, 5) is 34.4. The standard InChI is InChI=1S/C31H42N2O10S/c1-4-21(22-9-7-5-6-8-10-22)11-12-23(19(2)13-20(3)35)18-40-44-29-14-24(33-39)31(27(17-34)42-29)43-28-15-25(36)30(37)26(41-28)16-32-38/h4-7,9-12,18-19,24-31,34,36-37H,8,13-17H2,1-3H3/b12-11-,21-4+,23-18-/t19?,24?,25?,26?,27?,28?,29?,30-,31?/m0/s1. The van der Waals surface area contributed by atoms with Crippen molar-refractivity contribution in [3.05, 3.63) is 81.4 Å². The van der Waals surface area contributed by atoms with Crippen LogP contribution >= 0.6 is 12.0 Å². The molecule has 0 aromatic heterocycles. The normalized spacial score (nSPS) is 32.2. The van der Waals surface area contributed by atoms with Crippen LogP contribution in [0.3, 0.4) is 0 Å². The predicted molar refractivity (Wildman–Crippen MR) is 166 cm³/mol. The van der Waals surface area contributed by atoms with E-state index in [1.165, 1.54) is 6.92 Å². The molecule has 0 saturated carbocycles. The summed E-state index contributed by atoms with van der Waals surface area (Å²) in [6.45, 7) is 4.53. The van der Waals surface area contributed by atoms with Crippen molar-refractivity contribution in [3.8, 4) is 0 Å². The Bertz CT molecular complexity index is 1170. The molecule has 2 fully saturated rings. The third-order valence-corrected chi connectivity index (χ3v) is 8.25. The Morgan fingerprint density at radius 3 is 2.66 bits per heavy atom. The van der Waals surface area contributed by atoms with Crippen LogP contribution in [-0.4, -0.2) is 82.5 Å². The van der Waals surface area contributed by atoms with Crippen molar-refractivity contribution in [2.24, 2.45) is 16.3 Å². The second-order valence-electron chi connectivity index (χ2n) is 10.9. The van der Waals surface area contributed by atoms with Crippen LogP contribution in [-0.2, 0) is 23.2 Å². The van der Waals surface area contributed by atoms with Crippen LogP contribution in [0.25, 0.3) is 0 Å². The average molecular weight is 635 g/mol. The molecule has 0 aromatic rings. The largest absolute Gasteiger partial charge is 0.430 e. The van der Waals surface area contributed by atoms with Crippen LogP contribution in [0.15, 0.2) is 81.9 Å². The highest BCUT2D eigenvalue weighted by atomic mass is 32.2. The van der Waals surface area contributed by atoms with Gasteiger partial charge in [0.05, 0.1) is 24.8 Å². The van der Waals surface area contributed by atoms with E-state index in [1.807, 2.05) is 50.3 Å². The molecule has 13 heteroatoms. The Balaban J connectivity index is 1.68. The first-order valence-corrected chi connectivity index (χ1v) is 15.5. The molecule has 0 bridgehead atoms. The van der Waals surface area contributed by atoms with Crippen molar-refractivity contribution >= 4 is 17.8 Å². The van der Waals surface area contributed by atoms with Gasteiger partial charge in [-0.15, -0.1) is 0 Å². The van der Waals surface area contributed by atoms with E-state index in [-0.39, 0.29) is 24.5 Å². The van der Waals surface area contributed by atoms with Gasteiger partial charge in [-0.2, -0.15) is 9.81 Å². The van der Waals surface area contributed by atoms with Crippen molar-refractivity contribution in [1.29, 1.82) is 0 Å². The molecule has 0 spiro atoms. The SMILES string of the molecule is C\C=C(/C=C\C(=C\OSC1CC(N=O)C(OC2CC(O)[C@H](O)C(CN=O)O2)C(CO)O1)C(C)CC(C)=O)C1=CCC=CC=C1. The number of ether oxygens (including phenoxy) is 3. The number of hydrogen-bond donors (Lipinski definition) is 3. The molecule has 44 heavy (non-hydrogen) atoms. The van der Waals surface area contributed by atoms with Gasteiger partial charge in [-0.1, -0.05) is 65.9 Å². The third kappa shape index (κ3) is 10.4. The van der Waals surface area contributed by atoms with E-state index in [9.17, 15) is 29.9 Å². The van der Waals surface area contributed by atoms with Crippen molar-refractivity contribution < 1.29 is 38.5 Å². The molecule has 12 nitrogen and oxygen atoms in total. The Morgan fingerprint density at radius 1 is 1.18 bits per heavy atom. The molecule has 2 aliphatic heterocycles. The Kier molecular flexibility index (Phi) is 14.8. The molecule has 242 valence electrons. The highest BCUT2D eigenvalue weighted by molar-refractivity contribution is 7.95. The molecule has 0 amide bonds. The van der Waals surface area contributed by atoms with Crippen LogP contribution in [0.1, 0.15) is 46.5 Å². The zero-order chi connectivity index (χ0) is 32.1. The Morgan fingerprint density at radius 2 is 1.98 bits per heavy atom. The van der Waals surface area contributed by atoms with Gasteiger partial charge in [0.25, 0.3) is 0 Å². The van der Waals surface area contributed by atoms with Gasteiger partial charge >= 0.3 is 0 Å². The van der Waals surface area contributed by atoms with E-state index in [0.29, 0.717) is 6.42 Å². The number of aliphatic hydroxyl groups excluding tert-OH is 3. The number of allylic oxidation sites excluding steroid dienone is 11. The number of carbonyl (C=O) groups is 1. The van der Waals surface area contributed by atoms with Crippen LogP contribution in [0.5, 0.6) is 0 Å². The number of hydrogen-bond acceptors (Lipinski definition) is 13. The fourth-order valence-corrected chi connectivity index (χ4v) is 5.91. The van der Waals surface area contributed by atoms with Crippen molar-refractivity contribution in [3.63, 3.8) is 0 Å². The summed E-state index contributed by atoms with van der Waals surface area (Å²) in [6.07, 6.45) is 12.1. The Hall–Kier alpha value is -2.78. The fourth-order valence-electron chi connectivity index (χ4n) is 5.15. The number of aliphatic hydroxyl groups is 3. The zero-order valence-corrected chi connectivity index (χ0v) is 26.0. The number of carbonyl (C=O) groups excluding carboxylic acids is 1. The lowest BCUT2D eigenvalue weighted by Crippen LogP contribution is -2.55. The molecule has 0 aromatic carbocycles. The molecule has 0 radical (unpaired) electrons. The van der Waals surface area contributed by atoms with E-state index < -0.39 is 61.4 Å². The summed E-state index contributed by atoms with van der Waals surface area (Å²) < 4.78 is 23.2. The molecule has 3 N–H and O–H groups in total. The van der Waals surface area contributed by atoms with Gasteiger partial charge in [-0.25, -0.2) is 0 Å². The topological polar surface area (TPSA) is 174 Å². The molecule has 1 aliphatic carbocycles. The van der Waals surface area contributed by atoms with Crippen LogP contribution in [0.4, 0.5) is 0 Å². The first-order valence-electron chi connectivity index (χ1n) is 14.6. The predicted octanol–water partition coefficient (Wildman–Crippen LogP) is 4.33. The van der Waals surface area contributed by atoms with E-state index in [1.54, 1.807) is 6.26 Å². The van der Waals surface area contributed by atoms with Crippen LogP contribution in [0.2, 0.25) is 0 Å². The Labute approximate surface area is 261 Å². The van der Waals surface area contributed by atoms with Gasteiger partial charge in [0.15, 0.2) is 6.29 Å². The first kappa shape index (κ1) is 35.7. The van der Waals surface area contributed by atoms with Gasteiger partial charge in [0.1, 0.15) is 54.5 Å². The van der Waals surface area contributed by atoms with Gasteiger partial charge in [0, 0.05) is 19.3 Å². The lowest BCUT2D eigenvalue weighted by Gasteiger charge is -2.42. The summed E-state index contributed by atoms with van der Waals surface area (Å²) in [7, 11) is 0. The molecule has 8 unspecified atom stereocenters. The molecular formula is C31H42N2O10S. The molecule has 3 rings (SSSR count). The molecule has 2 heterocycles. The maximum Gasteiger partial charge on any atom is 0.161 e. The van der Waals surface area contributed by atoms with Crippen molar-refractivity contribution in [1.82, 2.24) is 0 Å². The minimum atomic E-state index is -1.32. The highest BCUT2D eigenvalue weighted by Crippen LogP contribution is 2.34. The van der Waals surface area contributed by atoms with Crippen LogP contribution < -0.4 is 0 Å². The van der Waals surface area contributed by atoms with Gasteiger partial charge < -0.3 is 38.5 Å². The summed E-state index contributed by atoms with van der Waals surface area (Å²) in [5, 5.41) is 36.2. The number of rotatable bonds is 15. The maximum atomic E-state index is 11.9. The fraction of sp³-hybridized carbons (Fsp3) is 0.581. The maximum absolute atomic E-state index is 11.9. The van der Waals surface area contributed by atoms with Crippen molar-refractivity contribution in [2.75, 3.05) is 13.2 Å². The smallest absolute Gasteiger partial charge is 0.161 e. The monoisotopic (exact) mass is 634 g/mol. The second kappa shape index (κ2) is 18.3. The first-order chi connectivity index (χ1) is 21.2. The van der Waals surface area contributed by atoms with Gasteiger partial charge in [-0.3, -0.25) is 0 Å². The summed E-state index contributed by atoms with van der Waals surface area (Å²) in [6, 6.07) is -0.954. The van der Waals surface area contributed by atoms with Gasteiger partial charge in [0.2, 0.25) is 0 Å². The lowest BCUT2D eigenvalue weighted by atomic mass is 9.95. The number of nitrogens with zero attached hydrogens (tertiary/aromatic N) is 2. The second-order valence-corrected chi connectivity index (χ2v) is 11.8. The van der Waals surface area contributed by atoms with Crippen LogP contribution in [0, 0.1) is 15.7 Å². The summed E-state index contributed by atoms with van der Waals surface area (Å²) in [5.41, 5.74) is 2.19. The quantitative estimate of drug-likeness (QED) is 0.101. The molecule has 9 atom stereocenters. The van der Waals surface area contributed by atoms with E-state index in [4.69, 9.17) is 18.4 Å². The highest BCUT2D eigenvalue weighted by Gasteiger charge is 2.45. The number of Topliss-reactive ketones (excluding diaryl/α,β-unsaturated/α-hetero) is 1. The third-order valence-electron chi connectivity index (χ3n) is 7.53. The lowest BCUT2D eigenvalue weighted by molar-refractivity contribution is -0.282. The number of ketones is 1. The molecule has 3 aliphatic rings. The minimum Gasteiger partial charge on any atom is -0.430 e. The number of nitroso groups, excluding NO2 is 2. The minimum absolute atomic E-state index is 0.0428. The zero-order valence-electron chi connectivity index (χ0n) is 25.1. The summed E-state index contributed by atoms with van der Waals surface area (Å²) >= 11 is 0.947. The average Bonchev–Trinajstić information content (AvgIpc) is 3.28. The summed E-state index contributed by atoms with van der Waals surface area (Å²) in [5.74, 6) is -0.0914. The van der Waals surface area contributed by atoms with E-state index in [2.05, 4.69) is 22.5 Å². The van der Waals surface area contributed by atoms with Crippen molar-refractivity contribution in [2.45, 2.75) is 94.7 Å².